The van der Waals surface area contributed by atoms with E-state index in [0.29, 0.717) is 12.3 Å². The molecule has 1 fully saturated rings. The number of nitrogens with two attached hydrogens (primary N) is 1. The minimum Gasteiger partial charge on any atom is -0.397 e. The van der Waals surface area contributed by atoms with Gasteiger partial charge in [-0.15, -0.1) is 37.2 Å². The predicted molar refractivity (Wildman–Crippen MR) is 72.0 cm³/mol. The van der Waals surface area contributed by atoms with Crippen molar-refractivity contribution in [1.82, 2.24) is 10.3 Å². The Morgan fingerprint density at radius 2 is 2.06 bits per heavy atom. The second kappa shape index (κ2) is 8.84. The van der Waals surface area contributed by atoms with Gasteiger partial charge in [0.25, 0.3) is 0 Å². The van der Waals surface area contributed by atoms with Crippen molar-refractivity contribution >= 4 is 42.9 Å². The number of hydrogen-bond donors (Lipinski definition) is 2. The fourth-order valence-electron chi connectivity index (χ4n) is 1.45. The van der Waals surface area contributed by atoms with Gasteiger partial charge in [0.1, 0.15) is 0 Å². The van der Waals surface area contributed by atoms with Gasteiger partial charge in [0.2, 0.25) is 0 Å². The topological polar surface area (TPSA) is 60.2 Å². The van der Waals surface area contributed by atoms with Crippen LogP contribution in [0.2, 0.25) is 0 Å². The van der Waals surface area contributed by atoms with Gasteiger partial charge in [0.05, 0.1) is 24.9 Å². The van der Waals surface area contributed by atoms with Crippen LogP contribution >= 0.6 is 37.2 Å². The van der Waals surface area contributed by atoms with E-state index in [2.05, 4.69) is 10.3 Å². The highest BCUT2D eigenvalue weighted by Gasteiger charge is 2.15. The van der Waals surface area contributed by atoms with E-state index in [4.69, 9.17) is 10.5 Å². The van der Waals surface area contributed by atoms with Gasteiger partial charge in [0, 0.05) is 18.9 Å². The number of pyridine rings is 1. The Balaban J connectivity index is 0. The van der Waals surface area contributed by atoms with E-state index in [9.17, 15) is 0 Å². The van der Waals surface area contributed by atoms with Crippen LogP contribution in [-0.4, -0.2) is 24.7 Å². The standard InChI is InChI=1S/C9H13N3O.3ClH/c10-8-3-7(4-11-5-8)9-6-13-2-1-12-9;;;/h3-5,9,12H,1-2,6,10H2;3*1H. The number of aromatic nitrogens is 1. The fraction of sp³-hybridized carbons (Fsp3) is 0.444. The van der Waals surface area contributed by atoms with Gasteiger partial charge in [-0.25, -0.2) is 0 Å². The highest BCUT2D eigenvalue weighted by atomic mass is 35.5. The summed E-state index contributed by atoms with van der Waals surface area (Å²) in [6.45, 7) is 2.37. The minimum atomic E-state index is 0. The summed E-state index contributed by atoms with van der Waals surface area (Å²) in [5.41, 5.74) is 7.43. The van der Waals surface area contributed by atoms with Gasteiger partial charge in [0.15, 0.2) is 0 Å². The van der Waals surface area contributed by atoms with E-state index in [1.165, 1.54) is 0 Å². The van der Waals surface area contributed by atoms with E-state index < -0.39 is 0 Å². The summed E-state index contributed by atoms with van der Waals surface area (Å²) in [7, 11) is 0. The molecule has 0 bridgehead atoms. The zero-order valence-corrected chi connectivity index (χ0v) is 11.0. The molecule has 2 heterocycles. The van der Waals surface area contributed by atoms with Gasteiger partial charge in [-0.3, -0.25) is 4.98 Å². The Bertz CT molecular complexity index is 295. The second-order valence-electron chi connectivity index (χ2n) is 3.13. The van der Waals surface area contributed by atoms with Gasteiger partial charge in [-0.2, -0.15) is 0 Å². The maximum atomic E-state index is 5.63. The Hall–Kier alpha value is -0.260. The first kappa shape index (κ1) is 18.1. The molecule has 1 atom stereocenters. The predicted octanol–water partition coefficient (Wildman–Crippen LogP) is 1.59. The molecule has 2 rings (SSSR count). The van der Waals surface area contributed by atoms with E-state index in [-0.39, 0.29) is 43.3 Å². The molecule has 1 saturated heterocycles. The third kappa shape index (κ3) is 4.72. The van der Waals surface area contributed by atoms with Crippen LogP contribution in [-0.2, 0) is 4.74 Å². The number of anilines is 1. The summed E-state index contributed by atoms with van der Waals surface area (Å²) in [4.78, 5) is 4.04. The molecular weight excluding hydrogens is 272 g/mol. The zero-order chi connectivity index (χ0) is 9.10. The first-order chi connectivity index (χ1) is 6.36. The lowest BCUT2D eigenvalue weighted by Crippen LogP contribution is -2.34. The van der Waals surface area contributed by atoms with Crippen LogP contribution in [0.3, 0.4) is 0 Å². The third-order valence-corrected chi connectivity index (χ3v) is 2.10. The van der Waals surface area contributed by atoms with Crippen molar-refractivity contribution in [2.45, 2.75) is 6.04 Å². The maximum absolute atomic E-state index is 5.63. The number of nitrogens with one attached hydrogen (secondary N) is 1. The van der Waals surface area contributed by atoms with Gasteiger partial charge in [-0.1, -0.05) is 0 Å². The Morgan fingerprint density at radius 3 is 2.62 bits per heavy atom. The van der Waals surface area contributed by atoms with Crippen LogP contribution in [0.4, 0.5) is 5.69 Å². The van der Waals surface area contributed by atoms with E-state index in [0.717, 1.165) is 18.7 Å². The molecular formula is C9H16Cl3N3O. The number of ether oxygens (including phenoxy) is 1. The second-order valence-corrected chi connectivity index (χ2v) is 3.13. The van der Waals surface area contributed by atoms with Gasteiger partial charge in [-0.05, 0) is 11.6 Å². The third-order valence-electron chi connectivity index (χ3n) is 2.10. The summed E-state index contributed by atoms with van der Waals surface area (Å²) >= 11 is 0. The molecule has 7 heteroatoms. The lowest BCUT2D eigenvalue weighted by molar-refractivity contribution is 0.0768. The molecule has 1 aliphatic heterocycles. The molecule has 0 aliphatic carbocycles. The zero-order valence-electron chi connectivity index (χ0n) is 8.59. The fourth-order valence-corrected chi connectivity index (χ4v) is 1.45. The quantitative estimate of drug-likeness (QED) is 0.824. The van der Waals surface area contributed by atoms with Crippen molar-refractivity contribution < 1.29 is 4.74 Å². The first-order valence-electron chi connectivity index (χ1n) is 4.38. The number of hydrogen-bond acceptors (Lipinski definition) is 4. The molecule has 0 saturated carbocycles. The number of nitrogen functional groups attached to an aromatic ring is 1. The molecule has 1 unspecified atom stereocenters. The first-order valence-corrected chi connectivity index (χ1v) is 4.38. The SMILES string of the molecule is Cl.Cl.Cl.Nc1cncc(C2COCCN2)c1. The number of rotatable bonds is 1. The Kier molecular flexibility index (Phi) is 10.0. The highest BCUT2D eigenvalue weighted by molar-refractivity contribution is 5.86. The van der Waals surface area contributed by atoms with Crippen molar-refractivity contribution in [3.63, 3.8) is 0 Å². The highest BCUT2D eigenvalue weighted by Crippen LogP contribution is 2.16. The Morgan fingerprint density at radius 1 is 1.31 bits per heavy atom. The average molecular weight is 289 g/mol. The summed E-state index contributed by atoms with van der Waals surface area (Å²) in [5.74, 6) is 0. The van der Waals surface area contributed by atoms with Crippen LogP contribution < -0.4 is 11.1 Å². The van der Waals surface area contributed by atoms with E-state index in [1.807, 2.05) is 12.3 Å². The smallest absolute Gasteiger partial charge is 0.0662 e. The van der Waals surface area contributed by atoms with Crippen molar-refractivity contribution in [3.8, 4) is 0 Å². The van der Waals surface area contributed by atoms with Crippen LogP contribution in [0, 0.1) is 0 Å². The van der Waals surface area contributed by atoms with E-state index in [1.54, 1.807) is 6.20 Å². The molecule has 3 N–H and O–H groups in total. The maximum Gasteiger partial charge on any atom is 0.0662 e. The number of halogens is 3. The minimum absolute atomic E-state index is 0. The average Bonchev–Trinajstić information content (AvgIpc) is 2.19. The molecule has 0 radical (unpaired) electrons. The van der Waals surface area contributed by atoms with Crippen molar-refractivity contribution in [3.05, 3.63) is 24.0 Å². The Labute approximate surface area is 114 Å². The summed E-state index contributed by atoms with van der Waals surface area (Å²) in [6, 6.07) is 2.17. The van der Waals surface area contributed by atoms with Gasteiger partial charge < -0.3 is 15.8 Å². The van der Waals surface area contributed by atoms with Crippen molar-refractivity contribution in [1.29, 1.82) is 0 Å². The molecule has 1 aromatic heterocycles. The molecule has 1 aliphatic rings. The summed E-state index contributed by atoms with van der Waals surface area (Å²) in [6.07, 6.45) is 3.47. The molecule has 1 aromatic rings. The van der Waals surface area contributed by atoms with Crippen molar-refractivity contribution in [2.24, 2.45) is 0 Å². The monoisotopic (exact) mass is 287 g/mol. The normalized spacial score (nSPS) is 18.6. The number of nitrogens with zero attached hydrogens (tertiary/aromatic N) is 1. The summed E-state index contributed by atoms with van der Waals surface area (Å²) < 4.78 is 5.35. The van der Waals surface area contributed by atoms with Gasteiger partial charge >= 0.3 is 0 Å². The van der Waals surface area contributed by atoms with Crippen LogP contribution in [0.1, 0.15) is 11.6 Å². The molecule has 4 nitrogen and oxygen atoms in total. The van der Waals surface area contributed by atoms with E-state index >= 15 is 0 Å². The lowest BCUT2D eigenvalue weighted by atomic mass is 10.1. The van der Waals surface area contributed by atoms with Crippen LogP contribution in [0.25, 0.3) is 0 Å². The molecule has 0 aromatic carbocycles. The molecule has 0 amide bonds. The summed E-state index contributed by atoms with van der Waals surface area (Å²) in [5, 5.41) is 3.34. The van der Waals surface area contributed by atoms with Crippen molar-refractivity contribution in [2.75, 3.05) is 25.5 Å². The lowest BCUT2D eigenvalue weighted by Gasteiger charge is -2.23. The van der Waals surface area contributed by atoms with Crippen LogP contribution in [0.5, 0.6) is 0 Å². The molecule has 94 valence electrons. The largest absolute Gasteiger partial charge is 0.397 e. The van der Waals surface area contributed by atoms with Crippen LogP contribution in [0.15, 0.2) is 18.5 Å². The molecule has 0 spiro atoms. The molecule has 16 heavy (non-hydrogen) atoms. The number of morpholine rings is 1.